The average molecular weight is 170 g/mol. The number of carbonyl (C=O) groups is 1. The molecule has 0 aromatic rings. The Morgan fingerprint density at radius 3 is 2.83 bits per heavy atom. The number of ether oxygens (including phenoxy) is 2. The molecule has 1 heterocycles. The van der Waals surface area contributed by atoms with E-state index in [0.29, 0.717) is 24.5 Å². The number of allylic oxidation sites excluding steroid dienone is 1. The molecule has 12 heavy (non-hydrogen) atoms. The number of rotatable bonds is 2. The topological polar surface area (TPSA) is 35.5 Å². The summed E-state index contributed by atoms with van der Waals surface area (Å²) in [6.07, 6.45) is 0. The summed E-state index contributed by atoms with van der Waals surface area (Å²) in [5.74, 6) is 0.644. The van der Waals surface area contributed by atoms with Crippen molar-refractivity contribution < 1.29 is 14.3 Å². The van der Waals surface area contributed by atoms with Crippen molar-refractivity contribution in [2.24, 2.45) is 5.92 Å². The molecule has 3 nitrogen and oxygen atoms in total. The van der Waals surface area contributed by atoms with Crippen LogP contribution in [0.1, 0.15) is 20.8 Å². The zero-order valence-electron chi connectivity index (χ0n) is 7.72. The molecule has 0 saturated heterocycles. The third-order valence-electron chi connectivity index (χ3n) is 1.92. The van der Waals surface area contributed by atoms with Crippen LogP contribution in [-0.2, 0) is 14.3 Å². The van der Waals surface area contributed by atoms with Crippen LogP contribution in [0.2, 0.25) is 0 Å². The normalized spacial score (nSPS) is 22.4. The van der Waals surface area contributed by atoms with Gasteiger partial charge in [0.05, 0.1) is 18.8 Å². The quantitative estimate of drug-likeness (QED) is 0.589. The van der Waals surface area contributed by atoms with Gasteiger partial charge in [0.2, 0.25) is 0 Å². The van der Waals surface area contributed by atoms with Crippen molar-refractivity contribution >= 4 is 5.97 Å². The molecule has 0 aromatic heterocycles. The highest BCUT2D eigenvalue weighted by Crippen LogP contribution is 2.25. The lowest BCUT2D eigenvalue weighted by atomic mass is 10.0. The van der Waals surface area contributed by atoms with Crippen LogP contribution in [0, 0.1) is 5.92 Å². The van der Waals surface area contributed by atoms with Crippen molar-refractivity contribution in [2.75, 3.05) is 13.2 Å². The molecule has 1 atom stereocenters. The smallest absolute Gasteiger partial charge is 0.337 e. The van der Waals surface area contributed by atoms with Gasteiger partial charge in [-0.25, -0.2) is 4.79 Å². The van der Waals surface area contributed by atoms with Gasteiger partial charge in [-0.1, -0.05) is 6.92 Å². The number of carbonyl (C=O) groups excluding carboxylic acids is 1. The molecule has 1 aliphatic heterocycles. The van der Waals surface area contributed by atoms with Crippen LogP contribution < -0.4 is 0 Å². The van der Waals surface area contributed by atoms with E-state index >= 15 is 0 Å². The van der Waals surface area contributed by atoms with Crippen LogP contribution >= 0.6 is 0 Å². The summed E-state index contributed by atoms with van der Waals surface area (Å²) in [5.41, 5.74) is 0.692. The fourth-order valence-corrected chi connectivity index (χ4v) is 1.31. The fourth-order valence-electron chi connectivity index (χ4n) is 1.31. The Kier molecular flexibility index (Phi) is 2.74. The maximum absolute atomic E-state index is 11.3. The molecule has 0 aliphatic carbocycles. The second-order valence-electron chi connectivity index (χ2n) is 2.90. The Morgan fingerprint density at radius 2 is 2.42 bits per heavy atom. The van der Waals surface area contributed by atoms with E-state index in [1.807, 2.05) is 6.92 Å². The molecule has 1 unspecified atom stereocenters. The highest BCUT2D eigenvalue weighted by atomic mass is 16.5. The first-order valence-corrected chi connectivity index (χ1v) is 4.17. The molecule has 0 bridgehead atoms. The van der Waals surface area contributed by atoms with Crippen molar-refractivity contribution in [3.8, 4) is 0 Å². The van der Waals surface area contributed by atoms with Crippen LogP contribution in [0.3, 0.4) is 0 Å². The minimum atomic E-state index is -0.236. The second kappa shape index (κ2) is 3.61. The second-order valence-corrected chi connectivity index (χ2v) is 2.90. The third kappa shape index (κ3) is 1.60. The summed E-state index contributed by atoms with van der Waals surface area (Å²) in [5, 5.41) is 0. The van der Waals surface area contributed by atoms with E-state index in [-0.39, 0.29) is 11.9 Å². The first kappa shape index (κ1) is 9.10. The molecule has 0 amide bonds. The van der Waals surface area contributed by atoms with Crippen LogP contribution in [0.4, 0.5) is 0 Å². The number of esters is 1. The first-order chi connectivity index (χ1) is 5.66. The highest BCUT2D eigenvalue weighted by Gasteiger charge is 2.27. The van der Waals surface area contributed by atoms with Gasteiger partial charge in [0.15, 0.2) is 0 Å². The molecule has 0 fully saturated rings. The van der Waals surface area contributed by atoms with Crippen molar-refractivity contribution in [1.29, 1.82) is 0 Å². The van der Waals surface area contributed by atoms with Crippen molar-refractivity contribution in [1.82, 2.24) is 0 Å². The van der Waals surface area contributed by atoms with E-state index in [0.717, 1.165) is 0 Å². The standard InChI is InChI=1S/C9H14O3/c1-4-11-9(10)8-6(2)5-12-7(8)3/h6H,4-5H2,1-3H3. The SMILES string of the molecule is CCOC(=O)C1=C(C)OCC1C. The number of hydrogen-bond donors (Lipinski definition) is 0. The average Bonchev–Trinajstić information content (AvgIpc) is 2.32. The van der Waals surface area contributed by atoms with Crippen molar-refractivity contribution in [3.63, 3.8) is 0 Å². The molecule has 0 spiro atoms. The van der Waals surface area contributed by atoms with Gasteiger partial charge in [-0.3, -0.25) is 0 Å². The molecule has 0 radical (unpaired) electrons. The molecule has 68 valence electrons. The predicted octanol–water partition coefficient (Wildman–Crippen LogP) is 1.49. The van der Waals surface area contributed by atoms with E-state index in [2.05, 4.69) is 0 Å². The highest BCUT2D eigenvalue weighted by molar-refractivity contribution is 5.89. The summed E-state index contributed by atoms with van der Waals surface area (Å²) in [7, 11) is 0. The van der Waals surface area contributed by atoms with E-state index in [1.165, 1.54) is 0 Å². The van der Waals surface area contributed by atoms with Gasteiger partial charge in [-0.05, 0) is 13.8 Å². The third-order valence-corrected chi connectivity index (χ3v) is 1.92. The lowest BCUT2D eigenvalue weighted by Crippen LogP contribution is -2.13. The van der Waals surface area contributed by atoms with Gasteiger partial charge in [0, 0.05) is 5.92 Å². The van der Waals surface area contributed by atoms with Crippen molar-refractivity contribution in [2.45, 2.75) is 20.8 Å². The van der Waals surface area contributed by atoms with Crippen molar-refractivity contribution in [3.05, 3.63) is 11.3 Å². The van der Waals surface area contributed by atoms with E-state index in [1.54, 1.807) is 13.8 Å². The van der Waals surface area contributed by atoms with Crippen LogP contribution in [0.25, 0.3) is 0 Å². The summed E-state index contributed by atoms with van der Waals surface area (Å²) >= 11 is 0. The summed E-state index contributed by atoms with van der Waals surface area (Å²) in [6, 6.07) is 0. The van der Waals surface area contributed by atoms with E-state index in [4.69, 9.17) is 9.47 Å². The molecule has 3 heteroatoms. The minimum Gasteiger partial charge on any atom is -0.497 e. The molecule has 0 aromatic carbocycles. The molecular weight excluding hydrogens is 156 g/mol. The fraction of sp³-hybridized carbons (Fsp3) is 0.667. The zero-order valence-corrected chi connectivity index (χ0v) is 7.72. The van der Waals surface area contributed by atoms with Gasteiger partial charge in [0.25, 0.3) is 0 Å². The Bertz CT molecular complexity index is 218. The minimum absolute atomic E-state index is 0.170. The van der Waals surface area contributed by atoms with Gasteiger partial charge < -0.3 is 9.47 Å². The molecular formula is C9H14O3. The Morgan fingerprint density at radius 1 is 1.75 bits per heavy atom. The monoisotopic (exact) mass is 170 g/mol. The van der Waals surface area contributed by atoms with Crippen LogP contribution in [-0.4, -0.2) is 19.2 Å². The first-order valence-electron chi connectivity index (χ1n) is 4.17. The molecule has 1 aliphatic rings. The largest absolute Gasteiger partial charge is 0.497 e. The summed E-state index contributed by atoms with van der Waals surface area (Å²) in [6.45, 7) is 6.58. The maximum atomic E-state index is 11.3. The zero-order chi connectivity index (χ0) is 9.14. The summed E-state index contributed by atoms with van der Waals surface area (Å²) < 4.78 is 10.1. The molecule has 0 N–H and O–H groups in total. The Labute approximate surface area is 72.4 Å². The lowest BCUT2D eigenvalue weighted by Gasteiger charge is -2.05. The molecule has 1 rings (SSSR count). The predicted molar refractivity (Wildman–Crippen MR) is 44.4 cm³/mol. The van der Waals surface area contributed by atoms with Crippen LogP contribution in [0.15, 0.2) is 11.3 Å². The Balaban J connectivity index is 2.72. The van der Waals surface area contributed by atoms with Gasteiger partial charge >= 0.3 is 5.97 Å². The van der Waals surface area contributed by atoms with Gasteiger partial charge in [0.1, 0.15) is 5.76 Å². The van der Waals surface area contributed by atoms with Gasteiger partial charge in [-0.2, -0.15) is 0 Å². The summed E-state index contributed by atoms with van der Waals surface area (Å²) in [4.78, 5) is 11.3. The van der Waals surface area contributed by atoms with E-state index < -0.39 is 0 Å². The lowest BCUT2D eigenvalue weighted by molar-refractivity contribution is -0.139. The maximum Gasteiger partial charge on any atom is 0.337 e. The Hall–Kier alpha value is -0.990. The van der Waals surface area contributed by atoms with Crippen LogP contribution in [0.5, 0.6) is 0 Å². The molecule has 0 saturated carbocycles. The van der Waals surface area contributed by atoms with E-state index in [9.17, 15) is 4.79 Å². The van der Waals surface area contributed by atoms with Gasteiger partial charge in [-0.15, -0.1) is 0 Å². The number of hydrogen-bond acceptors (Lipinski definition) is 3.